The van der Waals surface area contributed by atoms with E-state index in [4.69, 9.17) is 15.3 Å². The Balaban J connectivity index is 4.89. The van der Waals surface area contributed by atoms with E-state index in [9.17, 15) is 39.9 Å². The highest BCUT2D eigenvalue weighted by atomic mass is 16.7. The second-order valence-electron chi connectivity index (χ2n) is 19.9. The quantitative estimate of drug-likeness (QED) is 0.0124. The van der Waals surface area contributed by atoms with Crippen LogP contribution in [-0.2, 0) is 14.4 Å². The third kappa shape index (κ3) is 37.7. The summed E-state index contributed by atoms with van der Waals surface area (Å²) in [5, 5.41) is 81.0. The maximum absolute atomic E-state index is 13.6. The SMILES string of the molecule is CCCCCC[C@@H](O)C/C=C\CCCCCCCC(=O)C(O)C(O)C(O)(C(=O)CCCCCCC/C=C\CCCCCCCC(O)(O)O)C(=O)CCCCCCC/C=C\C[C@H](O)CCCCCC. The summed E-state index contributed by atoms with van der Waals surface area (Å²) in [4.78, 5) is 40.3. The van der Waals surface area contributed by atoms with Crippen LogP contribution in [0.1, 0.15) is 271 Å². The van der Waals surface area contributed by atoms with Gasteiger partial charge in [-0.15, -0.1) is 0 Å². The Kier molecular flexibility index (Phi) is 43.4. The normalized spacial score (nSPS) is 15.1. The van der Waals surface area contributed by atoms with Gasteiger partial charge in [-0.2, -0.15) is 0 Å². The standard InChI is InChI=1S/C57H104O11/c1-3-5-7-33-41-49(58)43-35-27-21-16-18-23-29-37-45-51(60)54(63)55(64)57(68,53(62)47-39-31-25-19-17-22-28-36-44-50(59)42-34-8-6-4-2)52(61)46-38-30-24-15-13-11-9-10-12-14-20-26-32-40-48-56(65,66)67/h9-10,27-28,35-36,49-50,54-55,58-59,63-68H,3-8,11-26,29-34,37-48H2,1-2H3/b10-9-,35-27-,36-28-/t49-,50-,54?,55?,57?/m1/s1. The zero-order valence-corrected chi connectivity index (χ0v) is 43.4. The Labute approximate surface area is 414 Å². The van der Waals surface area contributed by atoms with Crippen molar-refractivity contribution in [1.29, 1.82) is 0 Å². The minimum absolute atomic E-state index is 0.0262. The highest BCUT2D eigenvalue weighted by Crippen LogP contribution is 2.26. The molecule has 0 bridgehead atoms. The van der Waals surface area contributed by atoms with E-state index in [1.807, 2.05) is 0 Å². The van der Waals surface area contributed by atoms with Gasteiger partial charge in [0.05, 0.1) is 12.2 Å². The molecule has 0 aromatic rings. The summed E-state index contributed by atoms with van der Waals surface area (Å²) >= 11 is 0. The predicted octanol–water partition coefficient (Wildman–Crippen LogP) is 11.8. The van der Waals surface area contributed by atoms with Gasteiger partial charge in [0.15, 0.2) is 17.3 Å². The van der Waals surface area contributed by atoms with Gasteiger partial charge in [0, 0.05) is 25.7 Å². The molecule has 0 radical (unpaired) electrons. The third-order valence-electron chi connectivity index (χ3n) is 13.2. The van der Waals surface area contributed by atoms with Gasteiger partial charge in [0.2, 0.25) is 5.60 Å². The molecule has 3 unspecified atom stereocenters. The fourth-order valence-electron chi connectivity index (χ4n) is 8.65. The number of hydrogen-bond donors (Lipinski definition) is 8. The van der Waals surface area contributed by atoms with Crippen molar-refractivity contribution in [1.82, 2.24) is 0 Å². The number of allylic oxidation sites excluding steroid dienone is 4. The van der Waals surface area contributed by atoms with Crippen molar-refractivity contribution in [2.24, 2.45) is 0 Å². The molecule has 0 fully saturated rings. The summed E-state index contributed by atoms with van der Waals surface area (Å²) in [5.41, 5.74) is -2.85. The van der Waals surface area contributed by atoms with E-state index in [0.717, 1.165) is 148 Å². The van der Waals surface area contributed by atoms with E-state index in [-0.39, 0.29) is 37.9 Å². The van der Waals surface area contributed by atoms with Gasteiger partial charge in [-0.1, -0.05) is 179 Å². The number of unbranched alkanes of at least 4 members (excludes halogenated alkanes) is 26. The molecule has 0 aromatic heterocycles. The van der Waals surface area contributed by atoms with E-state index >= 15 is 0 Å². The monoisotopic (exact) mass is 965 g/mol. The van der Waals surface area contributed by atoms with Crippen molar-refractivity contribution in [3.8, 4) is 0 Å². The van der Waals surface area contributed by atoms with Crippen LogP contribution in [0.3, 0.4) is 0 Å². The van der Waals surface area contributed by atoms with Crippen molar-refractivity contribution < 1.29 is 55.2 Å². The Morgan fingerprint density at radius 2 is 0.721 bits per heavy atom. The first-order valence-electron chi connectivity index (χ1n) is 27.9. The summed E-state index contributed by atoms with van der Waals surface area (Å²) in [6, 6.07) is 0. The maximum Gasteiger partial charge on any atom is 0.275 e. The van der Waals surface area contributed by atoms with Crippen LogP contribution in [0.2, 0.25) is 0 Å². The summed E-state index contributed by atoms with van der Waals surface area (Å²) in [7, 11) is 0. The van der Waals surface area contributed by atoms with Crippen molar-refractivity contribution in [2.75, 3.05) is 0 Å². The average Bonchev–Trinajstić information content (AvgIpc) is 3.31. The van der Waals surface area contributed by atoms with Crippen LogP contribution in [0.5, 0.6) is 0 Å². The van der Waals surface area contributed by atoms with E-state index in [1.165, 1.54) is 32.1 Å². The van der Waals surface area contributed by atoms with Crippen LogP contribution >= 0.6 is 0 Å². The molecule has 0 aromatic carbocycles. The average molecular weight is 965 g/mol. The number of carbonyl (C=O) groups excluding carboxylic acids is 3. The smallest absolute Gasteiger partial charge is 0.275 e. The van der Waals surface area contributed by atoms with E-state index in [0.29, 0.717) is 51.4 Å². The Hall–Kier alpha value is -2.09. The lowest BCUT2D eigenvalue weighted by molar-refractivity contribution is -0.315. The fourth-order valence-corrected chi connectivity index (χ4v) is 8.65. The Morgan fingerprint density at radius 1 is 0.397 bits per heavy atom. The van der Waals surface area contributed by atoms with Crippen LogP contribution in [0, 0.1) is 0 Å². The molecule has 11 heteroatoms. The number of aliphatic hydroxyl groups excluding tert-OH is 4. The number of rotatable bonds is 51. The second-order valence-corrected chi connectivity index (χ2v) is 19.9. The molecular weight excluding hydrogens is 861 g/mol. The molecule has 0 aliphatic carbocycles. The topological polar surface area (TPSA) is 213 Å². The van der Waals surface area contributed by atoms with Crippen LogP contribution in [0.25, 0.3) is 0 Å². The molecule has 11 nitrogen and oxygen atoms in total. The number of hydrogen-bond acceptors (Lipinski definition) is 11. The van der Waals surface area contributed by atoms with E-state index in [2.05, 4.69) is 50.3 Å². The first kappa shape index (κ1) is 65.9. The summed E-state index contributed by atoms with van der Waals surface area (Å²) < 4.78 is 0. The molecular formula is C57H104O11. The lowest BCUT2D eigenvalue weighted by atomic mass is 9.79. The molecule has 8 N–H and O–H groups in total. The van der Waals surface area contributed by atoms with Gasteiger partial charge < -0.3 is 40.9 Å². The number of ketones is 3. The van der Waals surface area contributed by atoms with E-state index < -0.39 is 41.1 Å². The number of aliphatic hydroxyl groups is 8. The second kappa shape index (κ2) is 44.8. The van der Waals surface area contributed by atoms with Crippen LogP contribution < -0.4 is 0 Å². The zero-order valence-electron chi connectivity index (χ0n) is 43.4. The largest absolute Gasteiger partial charge is 0.393 e. The van der Waals surface area contributed by atoms with Crippen LogP contribution in [0.4, 0.5) is 0 Å². The van der Waals surface area contributed by atoms with Crippen molar-refractivity contribution in [2.45, 2.75) is 307 Å². The molecule has 398 valence electrons. The van der Waals surface area contributed by atoms with Crippen LogP contribution in [0.15, 0.2) is 36.5 Å². The first-order valence-corrected chi connectivity index (χ1v) is 27.9. The molecule has 68 heavy (non-hydrogen) atoms. The lowest BCUT2D eigenvalue weighted by Gasteiger charge is -2.32. The first-order chi connectivity index (χ1) is 32.7. The number of Topliss-reactive ketones (excluding diaryl/α,β-unsaturated/α-hetero) is 3. The molecule has 0 rings (SSSR count). The molecule has 0 saturated carbocycles. The molecule has 5 atom stereocenters. The molecule has 0 aliphatic heterocycles. The summed E-state index contributed by atoms with van der Waals surface area (Å²) in [6.07, 6.45) is 40.0. The van der Waals surface area contributed by atoms with Gasteiger partial charge in [0.1, 0.15) is 12.2 Å². The van der Waals surface area contributed by atoms with Gasteiger partial charge in [-0.25, -0.2) is 0 Å². The predicted molar refractivity (Wildman–Crippen MR) is 277 cm³/mol. The highest BCUT2D eigenvalue weighted by molar-refractivity contribution is 6.11. The molecule has 0 aliphatic rings. The summed E-state index contributed by atoms with van der Waals surface area (Å²) in [6.45, 7) is 4.35. The van der Waals surface area contributed by atoms with Crippen molar-refractivity contribution in [3.63, 3.8) is 0 Å². The Bertz CT molecular complexity index is 1290. The van der Waals surface area contributed by atoms with Crippen molar-refractivity contribution in [3.05, 3.63) is 36.5 Å². The summed E-state index contributed by atoms with van der Waals surface area (Å²) in [5.74, 6) is -4.95. The molecule has 0 amide bonds. The number of carbonyl (C=O) groups is 3. The Morgan fingerprint density at radius 3 is 1.10 bits per heavy atom. The maximum atomic E-state index is 13.6. The zero-order chi connectivity index (χ0) is 50.6. The van der Waals surface area contributed by atoms with Gasteiger partial charge >= 0.3 is 0 Å². The third-order valence-corrected chi connectivity index (χ3v) is 13.2. The molecule has 0 spiro atoms. The van der Waals surface area contributed by atoms with Crippen molar-refractivity contribution >= 4 is 17.3 Å². The molecule has 0 saturated heterocycles. The minimum Gasteiger partial charge on any atom is -0.393 e. The van der Waals surface area contributed by atoms with E-state index in [1.54, 1.807) is 0 Å². The fraction of sp³-hybridized carbons (Fsp3) is 0.842. The highest BCUT2D eigenvalue weighted by Gasteiger charge is 2.52. The lowest BCUT2D eigenvalue weighted by Crippen LogP contribution is -2.61. The van der Waals surface area contributed by atoms with Gasteiger partial charge in [0.25, 0.3) is 5.97 Å². The molecule has 0 heterocycles. The van der Waals surface area contributed by atoms with Crippen LogP contribution in [-0.4, -0.2) is 94.2 Å². The minimum atomic E-state index is -2.85. The van der Waals surface area contributed by atoms with Gasteiger partial charge in [-0.3, -0.25) is 14.4 Å². The van der Waals surface area contributed by atoms with Gasteiger partial charge in [-0.05, 0) is 103 Å².